The number of carbonyl (C=O) groups excluding carboxylic acids is 1. The van der Waals surface area contributed by atoms with Crippen LogP contribution in [0.1, 0.15) is 25.0 Å². The Morgan fingerprint density at radius 2 is 1.43 bits per heavy atom. The number of rotatable bonds is 4. The summed E-state index contributed by atoms with van der Waals surface area (Å²) >= 11 is 0. The van der Waals surface area contributed by atoms with Crippen LogP contribution in [0.15, 0.2) is 42.5 Å². The van der Waals surface area contributed by atoms with Crippen LogP contribution in [0.4, 0.5) is 17.1 Å². The monoisotopic (exact) mass is 282 g/mol. The minimum atomic E-state index is -0.0163. The molecule has 0 radical (unpaired) electrons. The third-order valence-electron chi connectivity index (χ3n) is 3.43. The molecule has 0 atom stereocenters. The SMILES string of the molecule is Cc1cccc(C)c1Nc1ccc(NC(=O)C(C)C)cc1. The summed E-state index contributed by atoms with van der Waals surface area (Å²) in [5.41, 5.74) is 5.39. The number of carbonyl (C=O) groups is 1. The molecule has 2 N–H and O–H groups in total. The standard InChI is InChI=1S/C18H22N2O/c1-12(2)18(21)20-16-10-8-15(9-11-16)19-17-13(3)6-5-7-14(17)4/h5-12,19H,1-4H3,(H,20,21). The predicted octanol–water partition coefficient (Wildman–Crippen LogP) is 4.64. The van der Waals surface area contributed by atoms with Gasteiger partial charge in [-0.1, -0.05) is 32.0 Å². The molecule has 0 saturated heterocycles. The molecule has 110 valence electrons. The maximum Gasteiger partial charge on any atom is 0.226 e. The molecule has 0 unspecified atom stereocenters. The largest absolute Gasteiger partial charge is 0.355 e. The lowest BCUT2D eigenvalue weighted by atomic mass is 10.1. The Labute approximate surface area is 126 Å². The number of hydrogen-bond donors (Lipinski definition) is 2. The Kier molecular flexibility index (Phi) is 4.63. The molecule has 0 saturated carbocycles. The van der Waals surface area contributed by atoms with E-state index in [0.717, 1.165) is 17.1 Å². The van der Waals surface area contributed by atoms with Crippen molar-refractivity contribution in [2.24, 2.45) is 5.92 Å². The van der Waals surface area contributed by atoms with Crippen LogP contribution in [-0.4, -0.2) is 5.91 Å². The quantitative estimate of drug-likeness (QED) is 0.857. The van der Waals surface area contributed by atoms with E-state index < -0.39 is 0 Å². The van der Waals surface area contributed by atoms with Gasteiger partial charge in [0.15, 0.2) is 0 Å². The number of anilines is 3. The Balaban J connectivity index is 2.11. The van der Waals surface area contributed by atoms with Gasteiger partial charge < -0.3 is 10.6 Å². The molecule has 0 aliphatic heterocycles. The van der Waals surface area contributed by atoms with E-state index in [1.165, 1.54) is 11.1 Å². The Morgan fingerprint density at radius 1 is 0.905 bits per heavy atom. The summed E-state index contributed by atoms with van der Waals surface area (Å²) in [6.07, 6.45) is 0. The van der Waals surface area contributed by atoms with E-state index in [2.05, 4.69) is 42.7 Å². The van der Waals surface area contributed by atoms with Gasteiger partial charge >= 0.3 is 0 Å². The highest BCUT2D eigenvalue weighted by molar-refractivity contribution is 5.92. The highest BCUT2D eigenvalue weighted by Crippen LogP contribution is 2.25. The molecule has 0 fully saturated rings. The number of nitrogens with one attached hydrogen (secondary N) is 2. The van der Waals surface area contributed by atoms with Crippen molar-refractivity contribution in [3.63, 3.8) is 0 Å². The van der Waals surface area contributed by atoms with Crippen molar-refractivity contribution in [3.8, 4) is 0 Å². The molecular formula is C18H22N2O. The highest BCUT2D eigenvalue weighted by Gasteiger charge is 2.07. The van der Waals surface area contributed by atoms with Gasteiger partial charge in [-0.25, -0.2) is 0 Å². The number of para-hydroxylation sites is 1. The van der Waals surface area contributed by atoms with Crippen molar-refractivity contribution in [1.29, 1.82) is 0 Å². The fourth-order valence-corrected chi connectivity index (χ4v) is 2.08. The van der Waals surface area contributed by atoms with Crippen molar-refractivity contribution in [1.82, 2.24) is 0 Å². The third kappa shape index (κ3) is 3.85. The second-order valence-corrected chi connectivity index (χ2v) is 5.61. The van der Waals surface area contributed by atoms with Crippen LogP contribution in [0.5, 0.6) is 0 Å². The number of benzene rings is 2. The van der Waals surface area contributed by atoms with Crippen molar-refractivity contribution in [2.45, 2.75) is 27.7 Å². The van der Waals surface area contributed by atoms with Crippen LogP contribution in [0.3, 0.4) is 0 Å². The number of aryl methyl sites for hydroxylation is 2. The molecule has 0 aliphatic carbocycles. The van der Waals surface area contributed by atoms with E-state index in [4.69, 9.17) is 0 Å². The summed E-state index contributed by atoms with van der Waals surface area (Å²) in [4.78, 5) is 11.7. The van der Waals surface area contributed by atoms with Crippen molar-refractivity contribution in [2.75, 3.05) is 10.6 Å². The van der Waals surface area contributed by atoms with Gasteiger partial charge in [-0.3, -0.25) is 4.79 Å². The van der Waals surface area contributed by atoms with E-state index in [1.54, 1.807) is 0 Å². The highest BCUT2D eigenvalue weighted by atomic mass is 16.1. The van der Waals surface area contributed by atoms with Gasteiger partial charge in [0.1, 0.15) is 0 Å². The molecule has 21 heavy (non-hydrogen) atoms. The molecule has 0 spiro atoms. The molecule has 2 aromatic carbocycles. The van der Waals surface area contributed by atoms with E-state index in [-0.39, 0.29) is 11.8 Å². The molecule has 1 amide bonds. The van der Waals surface area contributed by atoms with Crippen LogP contribution in [0, 0.1) is 19.8 Å². The van der Waals surface area contributed by atoms with Gasteiger partial charge in [-0.2, -0.15) is 0 Å². The first-order chi connectivity index (χ1) is 9.97. The second-order valence-electron chi connectivity index (χ2n) is 5.61. The van der Waals surface area contributed by atoms with E-state index >= 15 is 0 Å². The van der Waals surface area contributed by atoms with E-state index in [1.807, 2.05) is 38.1 Å². The molecule has 0 aliphatic rings. The van der Waals surface area contributed by atoms with Crippen LogP contribution >= 0.6 is 0 Å². The maximum atomic E-state index is 11.7. The zero-order valence-electron chi connectivity index (χ0n) is 13.0. The molecule has 0 aromatic heterocycles. The van der Waals surface area contributed by atoms with Crippen LogP contribution in [0.25, 0.3) is 0 Å². The Hall–Kier alpha value is -2.29. The summed E-state index contributed by atoms with van der Waals surface area (Å²) < 4.78 is 0. The topological polar surface area (TPSA) is 41.1 Å². The molecule has 2 aromatic rings. The van der Waals surface area contributed by atoms with Gasteiger partial charge in [0, 0.05) is 23.0 Å². The summed E-state index contributed by atoms with van der Waals surface area (Å²) in [7, 11) is 0. The molecule has 3 heteroatoms. The number of hydrogen-bond acceptors (Lipinski definition) is 2. The molecular weight excluding hydrogens is 260 g/mol. The van der Waals surface area contributed by atoms with Crippen molar-refractivity contribution < 1.29 is 4.79 Å². The fourth-order valence-electron chi connectivity index (χ4n) is 2.08. The van der Waals surface area contributed by atoms with Gasteiger partial charge in [-0.05, 0) is 49.2 Å². The summed E-state index contributed by atoms with van der Waals surface area (Å²) in [5.74, 6) is 0.0166. The number of amides is 1. The summed E-state index contributed by atoms with van der Waals surface area (Å²) in [5, 5.41) is 6.32. The van der Waals surface area contributed by atoms with E-state index in [9.17, 15) is 4.79 Å². The van der Waals surface area contributed by atoms with Crippen LogP contribution in [0.2, 0.25) is 0 Å². The summed E-state index contributed by atoms with van der Waals surface area (Å²) in [6, 6.07) is 14.0. The molecule has 0 bridgehead atoms. The Bertz CT molecular complexity index is 610. The Morgan fingerprint density at radius 3 is 1.95 bits per heavy atom. The predicted molar refractivity (Wildman–Crippen MR) is 89.1 cm³/mol. The molecule has 0 heterocycles. The van der Waals surface area contributed by atoms with Crippen LogP contribution < -0.4 is 10.6 Å². The van der Waals surface area contributed by atoms with Crippen LogP contribution in [-0.2, 0) is 4.79 Å². The minimum absolute atomic E-state index is 0.0163. The van der Waals surface area contributed by atoms with Crippen molar-refractivity contribution in [3.05, 3.63) is 53.6 Å². The first kappa shape index (κ1) is 15.1. The minimum Gasteiger partial charge on any atom is -0.355 e. The van der Waals surface area contributed by atoms with Gasteiger partial charge in [0.2, 0.25) is 5.91 Å². The average Bonchev–Trinajstić information content (AvgIpc) is 2.44. The van der Waals surface area contributed by atoms with Crippen molar-refractivity contribution >= 4 is 23.0 Å². The third-order valence-corrected chi connectivity index (χ3v) is 3.43. The fraction of sp³-hybridized carbons (Fsp3) is 0.278. The smallest absolute Gasteiger partial charge is 0.226 e. The molecule has 2 rings (SSSR count). The lowest BCUT2D eigenvalue weighted by Gasteiger charge is -2.13. The first-order valence-electron chi connectivity index (χ1n) is 7.21. The van der Waals surface area contributed by atoms with Gasteiger partial charge in [-0.15, -0.1) is 0 Å². The van der Waals surface area contributed by atoms with Gasteiger partial charge in [0.25, 0.3) is 0 Å². The lowest BCUT2D eigenvalue weighted by Crippen LogP contribution is -2.17. The lowest BCUT2D eigenvalue weighted by molar-refractivity contribution is -0.118. The van der Waals surface area contributed by atoms with Gasteiger partial charge in [0.05, 0.1) is 0 Å². The summed E-state index contributed by atoms with van der Waals surface area (Å²) in [6.45, 7) is 7.94. The zero-order valence-corrected chi connectivity index (χ0v) is 13.0. The average molecular weight is 282 g/mol. The zero-order chi connectivity index (χ0) is 15.4. The molecule has 3 nitrogen and oxygen atoms in total. The first-order valence-corrected chi connectivity index (χ1v) is 7.21. The van der Waals surface area contributed by atoms with E-state index in [0.29, 0.717) is 0 Å². The maximum absolute atomic E-state index is 11.7. The second kappa shape index (κ2) is 6.44. The normalized spacial score (nSPS) is 10.5.